The number of carbonyl (C=O) groups is 1. The minimum absolute atomic E-state index is 0.326. The summed E-state index contributed by atoms with van der Waals surface area (Å²) in [7, 11) is 1.74. The molecule has 2 atom stereocenters. The molecule has 3 aliphatic heterocycles. The van der Waals surface area contributed by atoms with Gasteiger partial charge in [0.2, 0.25) is 5.91 Å². The second-order valence-corrected chi connectivity index (χ2v) is 11.6. The number of carbonyl (C=O) groups excluding carboxylic acids is 1. The zero-order valence-electron chi connectivity index (χ0n) is 21.9. The molecule has 7 heteroatoms. The number of aromatic hydroxyl groups is 1. The van der Waals surface area contributed by atoms with E-state index in [-0.39, 0.29) is 5.91 Å². The molecule has 1 aromatic carbocycles. The Kier molecular flexibility index (Phi) is 9.07. The van der Waals surface area contributed by atoms with E-state index in [0.29, 0.717) is 28.7 Å². The van der Waals surface area contributed by atoms with Gasteiger partial charge in [0.05, 0.1) is 18.4 Å². The Balaban J connectivity index is 1.40. The summed E-state index contributed by atoms with van der Waals surface area (Å²) in [6.07, 6.45) is 12.8. The van der Waals surface area contributed by atoms with E-state index in [9.17, 15) is 9.90 Å². The summed E-state index contributed by atoms with van der Waals surface area (Å²) in [5.41, 5.74) is 8.37. The molecule has 0 aliphatic carbocycles. The van der Waals surface area contributed by atoms with Crippen molar-refractivity contribution >= 4 is 17.7 Å². The van der Waals surface area contributed by atoms with Crippen molar-refractivity contribution in [2.24, 2.45) is 5.73 Å². The quantitative estimate of drug-likeness (QED) is 0.476. The first kappa shape index (κ1) is 26.7. The lowest BCUT2D eigenvalue weighted by molar-refractivity contribution is -0.114. The van der Waals surface area contributed by atoms with Crippen molar-refractivity contribution in [3.8, 4) is 5.75 Å². The standard InChI is InChI=1S/C29H41N3O3S/c1-20-7-4-5-8-28(35-3)21(2)31(19-27(20)29(30)34)15-6-16-32-22-9-10-23(32)18-26(17-22)36-25-13-11-24(33)12-14-25/h7,11-14,19,22-23,26,33H,4-6,8-10,15-18H2,1-3H3,(H2,30,34)/b20-7+,27-19+,28-21-. The van der Waals surface area contributed by atoms with Gasteiger partial charge in [-0.3, -0.25) is 9.69 Å². The summed E-state index contributed by atoms with van der Waals surface area (Å²) in [5, 5.41) is 10.2. The lowest BCUT2D eigenvalue weighted by atomic mass is 10.0. The molecule has 0 aromatic heterocycles. The lowest BCUT2D eigenvalue weighted by Gasteiger charge is -2.39. The van der Waals surface area contributed by atoms with Crippen LogP contribution in [0.3, 0.4) is 0 Å². The fraction of sp³-hybridized carbons (Fsp3) is 0.552. The molecule has 2 fully saturated rings. The summed E-state index contributed by atoms with van der Waals surface area (Å²) in [5.74, 6) is 0.926. The normalized spacial score (nSPS) is 30.3. The number of amides is 1. The van der Waals surface area contributed by atoms with Crippen LogP contribution >= 0.6 is 11.8 Å². The first-order valence-electron chi connectivity index (χ1n) is 13.3. The number of hydrogen-bond acceptors (Lipinski definition) is 6. The Hall–Kier alpha value is -2.38. The van der Waals surface area contributed by atoms with Gasteiger partial charge >= 0.3 is 0 Å². The third-order valence-electron chi connectivity index (χ3n) is 7.91. The number of fused-ring (bicyclic) bond motifs is 2. The molecule has 0 spiro atoms. The SMILES string of the molecule is CO/C1=C(/C)N(CCCN2C3CCC2CC(Sc2ccc(O)cc2)C3)/C=C(C(N)=O)\C(C)=C\CCC1. The van der Waals surface area contributed by atoms with E-state index in [1.807, 2.05) is 37.0 Å². The van der Waals surface area contributed by atoms with Crippen LogP contribution in [0, 0.1) is 0 Å². The minimum atomic E-state index is -0.382. The number of primary amides is 1. The number of phenolic OH excluding ortho intramolecular Hbond substituents is 1. The Morgan fingerprint density at radius 3 is 2.47 bits per heavy atom. The smallest absolute Gasteiger partial charge is 0.250 e. The van der Waals surface area contributed by atoms with Crippen LogP contribution in [0.15, 0.2) is 64.0 Å². The number of nitrogens with zero attached hydrogens (tertiary/aromatic N) is 2. The molecule has 3 heterocycles. The van der Waals surface area contributed by atoms with E-state index in [2.05, 4.69) is 22.8 Å². The number of methoxy groups -OCH3 is 1. The van der Waals surface area contributed by atoms with Gasteiger partial charge in [0.25, 0.3) is 0 Å². The summed E-state index contributed by atoms with van der Waals surface area (Å²) in [6, 6.07) is 8.90. The molecule has 3 N–H and O–H groups in total. The molecule has 6 nitrogen and oxygen atoms in total. The number of allylic oxidation sites excluding steroid dienone is 3. The van der Waals surface area contributed by atoms with E-state index >= 15 is 0 Å². The van der Waals surface area contributed by atoms with E-state index in [1.54, 1.807) is 19.2 Å². The third-order valence-corrected chi connectivity index (χ3v) is 9.17. The topological polar surface area (TPSA) is 79.0 Å². The van der Waals surface area contributed by atoms with Crippen LogP contribution in [0.25, 0.3) is 0 Å². The molecule has 36 heavy (non-hydrogen) atoms. The minimum Gasteiger partial charge on any atom is -0.508 e. The number of hydrogen-bond donors (Lipinski definition) is 2. The van der Waals surface area contributed by atoms with Gasteiger partial charge in [0.1, 0.15) is 11.5 Å². The summed E-state index contributed by atoms with van der Waals surface area (Å²) < 4.78 is 5.74. The first-order valence-corrected chi connectivity index (χ1v) is 14.1. The number of benzene rings is 1. The molecule has 2 unspecified atom stereocenters. The molecular weight excluding hydrogens is 470 g/mol. The number of piperidine rings is 1. The van der Waals surface area contributed by atoms with Gasteiger partial charge in [-0.2, -0.15) is 0 Å². The van der Waals surface area contributed by atoms with E-state index in [1.165, 1.54) is 30.6 Å². The summed E-state index contributed by atoms with van der Waals surface area (Å²) in [4.78, 5) is 18.4. The average molecular weight is 512 g/mol. The zero-order valence-corrected chi connectivity index (χ0v) is 22.7. The van der Waals surface area contributed by atoms with Gasteiger partial charge in [0, 0.05) is 47.9 Å². The summed E-state index contributed by atoms with van der Waals surface area (Å²) >= 11 is 1.96. The van der Waals surface area contributed by atoms with Crippen molar-refractivity contribution in [1.82, 2.24) is 9.80 Å². The van der Waals surface area contributed by atoms with Crippen molar-refractivity contribution in [3.63, 3.8) is 0 Å². The molecule has 3 aliphatic rings. The van der Waals surface area contributed by atoms with Gasteiger partial charge in [0.15, 0.2) is 0 Å². The van der Waals surface area contributed by atoms with Gasteiger partial charge in [-0.25, -0.2) is 0 Å². The maximum absolute atomic E-state index is 12.2. The van der Waals surface area contributed by atoms with Crippen LogP contribution in [-0.2, 0) is 9.53 Å². The van der Waals surface area contributed by atoms with Crippen molar-refractivity contribution < 1.29 is 14.6 Å². The zero-order chi connectivity index (χ0) is 25.7. The monoisotopic (exact) mass is 511 g/mol. The predicted molar refractivity (Wildman–Crippen MR) is 146 cm³/mol. The van der Waals surface area contributed by atoms with Gasteiger partial charge in [-0.05, 0) is 88.6 Å². The third kappa shape index (κ3) is 6.48. The van der Waals surface area contributed by atoms with Crippen LogP contribution in [0.2, 0.25) is 0 Å². The number of thioether (sulfide) groups is 1. The molecule has 0 radical (unpaired) electrons. The Bertz CT molecular complexity index is 1000. The maximum atomic E-state index is 12.2. The highest BCUT2D eigenvalue weighted by molar-refractivity contribution is 8.00. The molecule has 1 aromatic rings. The van der Waals surface area contributed by atoms with Crippen LogP contribution < -0.4 is 5.73 Å². The fourth-order valence-corrected chi connectivity index (χ4v) is 7.27. The summed E-state index contributed by atoms with van der Waals surface area (Å²) in [6.45, 7) is 5.95. The average Bonchev–Trinajstić information content (AvgIpc) is 3.09. The largest absolute Gasteiger partial charge is 0.508 e. The number of ether oxygens (including phenoxy) is 1. The van der Waals surface area contributed by atoms with E-state index < -0.39 is 0 Å². The second-order valence-electron chi connectivity index (χ2n) is 10.3. The van der Waals surface area contributed by atoms with Gasteiger partial charge in [-0.15, -0.1) is 11.8 Å². The molecule has 2 bridgehead atoms. The molecule has 0 saturated carbocycles. The fourth-order valence-electron chi connectivity index (χ4n) is 5.95. The highest BCUT2D eigenvalue weighted by atomic mass is 32.2. The Labute approximate surface area is 220 Å². The van der Waals surface area contributed by atoms with Crippen molar-refractivity contribution in [3.05, 3.63) is 59.1 Å². The van der Waals surface area contributed by atoms with E-state index in [0.717, 1.165) is 55.8 Å². The lowest BCUT2D eigenvalue weighted by Crippen LogP contribution is -2.44. The molecule has 196 valence electrons. The molecule has 1 amide bonds. The van der Waals surface area contributed by atoms with Crippen molar-refractivity contribution in [1.29, 1.82) is 0 Å². The van der Waals surface area contributed by atoms with Crippen LogP contribution in [0.5, 0.6) is 5.75 Å². The highest BCUT2D eigenvalue weighted by Crippen LogP contribution is 2.42. The molecule has 2 saturated heterocycles. The van der Waals surface area contributed by atoms with E-state index in [4.69, 9.17) is 10.5 Å². The number of nitrogens with two attached hydrogens (primary N) is 1. The molecular formula is C29H41N3O3S. The number of rotatable bonds is 8. The maximum Gasteiger partial charge on any atom is 0.250 e. The van der Waals surface area contributed by atoms with Gasteiger partial charge < -0.3 is 20.5 Å². The van der Waals surface area contributed by atoms with Crippen LogP contribution in [0.4, 0.5) is 0 Å². The predicted octanol–water partition coefficient (Wildman–Crippen LogP) is 5.55. The Morgan fingerprint density at radius 2 is 1.83 bits per heavy atom. The highest BCUT2D eigenvalue weighted by Gasteiger charge is 2.40. The van der Waals surface area contributed by atoms with Gasteiger partial charge in [-0.1, -0.05) is 6.08 Å². The number of phenols is 1. The Morgan fingerprint density at radius 1 is 1.14 bits per heavy atom. The van der Waals surface area contributed by atoms with Crippen molar-refractivity contribution in [2.45, 2.75) is 87.4 Å². The second kappa shape index (κ2) is 12.2. The molecule has 4 rings (SSSR count). The van der Waals surface area contributed by atoms with Crippen molar-refractivity contribution in [2.75, 3.05) is 20.2 Å². The first-order chi connectivity index (χ1) is 17.4. The van der Waals surface area contributed by atoms with Crippen LogP contribution in [0.1, 0.15) is 65.2 Å². The van der Waals surface area contributed by atoms with Crippen LogP contribution in [-0.4, -0.2) is 58.3 Å².